The minimum Gasteiger partial charge on any atom is -0.493 e. The molecule has 0 bridgehead atoms. The summed E-state index contributed by atoms with van der Waals surface area (Å²) in [6, 6.07) is 14.7. The van der Waals surface area contributed by atoms with Gasteiger partial charge < -0.3 is 19.5 Å². The smallest absolute Gasteiger partial charge is 0.259 e. The molecule has 0 aliphatic heterocycles. The molecule has 0 spiro atoms. The molecular formula is C22H19N3O4S. The van der Waals surface area contributed by atoms with Crippen LogP contribution in [0.3, 0.4) is 0 Å². The SMILES string of the molecule is COc1ccc(C(=O)Nc2ccc(-c3nc4ncccc4s3)cc2)c(OC)c1OC. The van der Waals surface area contributed by atoms with E-state index in [1.54, 1.807) is 29.7 Å². The predicted molar refractivity (Wildman–Crippen MR) is 117 cm³/mol. The molecule has 8 heteroatoms. The van der Waals surface area contributed by atoms with Gasteiger partial charge in [0.25, 0.3) is 5.91 Å². The summed E-state index contributed by atoms with van der Waals surface area (Å²) in [6.07, 6.45) is 1.73. The summed E-state index contributed by atoms with van der Waals surface area (Å²) >= 11 is 1.58. The van der Waals surface area contributed by atoms with Gasteiger partial charge in [-0.3, -0.25) is 4.79 Å². The Morgan fingerprint density at radius 1 is 0.933 bits per heavy atom. The maximum Gasteiger partial charge on any atom is 0.259 e. The molecule has 4 aromatic rings. The van der Waals surface area contributed by atoms with Gasteiger partial charge in [0.05, 0.1) is 31.6 Å². The quantitative estimate of drug-likeness (QED) is 0.489. The van der Waals surface area contributed by atoms with Gasteiger partial charge in [-0.1, -0.05) is 0 Å². The standard InChI is InChI=1S/C22H19N3O4S/c1-27-16-11-10-15(18(28-2)19(16)29-3)21(26)24-14-8-6-13(7-9-14)22-25-20-17(30-22)5-4-12-23-20/h4-12H,1-3H3,(H,24,26). The minimum atomic E-state index is -0.315. The zero-order chi connectivity index (χ0) is 21.1. The summed E-state index contributed by atoms with van der Waals surface area (Å²) in [4.78, 5) is 21.7. The van der Waals surface area contributed by atoms with E-state index in [0.29, 0.717) is 28.5 Å². The van der Waals surface area contributed by atoms with Crippen LogP contribution in [0.2, 0.25) is 0 Å². The van der Waals surface area contributed by atoms with Crippen molar-refractivity contribution in [3.8, 4) is 27.8 Å². The van der Waals surface area contributed by atoms with E-state index in [9.17, 15) is 4.79 Å². The number of fused-ring (bicyclic) bond motifs is 1. The first-order valence-corrected chi connectivity index (χ1v) is 9.88. The van der Waals surface area contributed by atoms with Gasteiger partial charge in [0.15, 0.2) is 17.1 Å². The number of amides is 1. The number of aromatic nitrogens is 2. The second kappa shape index (κ2) is 8.38. The second-order valence-electron chi connectivity index (χ2n) is 6.26. The fourth-order valence-electron chi connectivity index (χ4n) is 3.07. The molecule has 2 aromatic carbocycles. The first-order valence-electron chi connectivity index (χ1n) is 9.07. The number of hydrogen-bond donors (Lipinski definition) is 1. The van der Waals surface area contributed by atoms with Crippen molar-refractivity contribution in [3.05, 3.63) is 60.3 Å². The molecule has 2 heterocycles. The Morgan fingerprint density at radius 2 is 1.70 bits per heavy atom. The summed E-state index contributed by atoms with van der Waals surface area (Å²) in [7, 11) is 4.51. The van der Waals surface area contributed by atoms with Gasteiger partial charge in [-0.15, -0.1) is 11.3 Å². The van der Waals surface area contributed by atoms with E-state index in [4.69, 9.17) is 14.2 Å². The number of anilines is 1. The van der Waals surface area contributed by atoms with E-state index in [-0.39, 0.29) is 5.91 Å². The lowest BCUT2D eigenvalue weighted by Gasteiger charge is -2.15. The lowest BCUT2D eigenvalue weighted by Crippen LogP contribution is -2.14. The number of rotatable bonds is 6. The van der Waals surface area contributed by atoms with Crippen molar-refractivity contribution in [2.24, 2.45) is 0 Å². The first-order chi connectivity index (χ1) is 14.6. The fourth-order valence-corrected chi connectivity index (χ4v) is 4.00. The van der Waals surface area contributed by atoms with Gasteiger partial charge in [0.2, 0.25) is 5.75 Å². The lowest BCUT2D eigenvalue weighted by molar-refractivity contribution is 0.102. The Labute approximate surface area is 177 Å². The maximum absolute atomic E-state index is 12.8. The number of benzene rings is 2. The van der Waals surface area contributed by atoms with Crippen LogP contribution in [-0.4, -0.2) is 37.2 Å². The summed E-state index contributed by atoms with van der Waals surface area (Å²) in [6.45, 7) is 0. The van der Waals surface area contributed by atoms with Crippen LogP contribution in [-0.2, 0) is 0 Å². The number of nitrogens with zero attached hydrogens (tertiary/aromatic N) is 2. The van der Waals surface area contributed by atoms with E-state index < -0.39 is 0 Å². The average molecular weight is 421 g/mol. The van der Waals surface area contributed by atoms with Crippen LogP contribution in [0.4, 0.5) is 5.69 Å². The molecule has 0 saturated carbocycles. The van der Waals surface area contributed by atoms with Crippen LogP contribution in [0.15, 0.2) is 54.7 Å². The van der Waals surface area contributed by atoms with Crippen LogP contribution >= 0.6 is 11.3 Å². The van der Waals surface area contributed by atoms with Crippen LogP contribution in [0, 0.1) is 0 Å². The van der Waals surface area contributed by atoms with Crippen LogP contribution in [0.5, 0.6) is 17.2 Å². The van der Waals surface area contributed by atoms with Gasteiger partial charge >= 0.3 is 0 Å². The Hall–Kier alpha value is -3.65. The van der Waals surface area contributed by atoms with E-state index in [0.717, 1.165) is 20.9 Å². The van der Waals surface area contributed by atoms with Gasteiger partial charge in [0, 0.05) is 17.4 Å². The van der Waals surface area contributed by atoms with Gasteiger partial charge in [-0.25, -0.2) is 9.97 Å². The molecule has 0 unspecified atom stereocenters. The van der Waals surface area contributed by atoms with Crippen LogP contribution in [0.1, 0.15) is 10.4 Å². The number of thiazole rings is 1. The van der Waals surface area contributed by atoms with Gasteiger partial charge in [0.1, 0.15) is 5.01 Å². The number of ether oxygens (including phenoxy) is 3. The Morgan fingerprint density at radius 3 is 2.37 bits per heavy atom. The molecule has 0 saturated heterocycles. The molecular weight excluding hydrogens is 402 g/mol. The number of carbonyl (C=O) groups excluding carboxylic acids is 1. The maximum atomic E-state index is 12.8. The minimum absolute atomic E-state index is 0.313. The molecule has 0 radical (unpaired) electrons. The number of nitrogens with one attached hydrogen (secondary N) is 1. The third kappa shape index (κ3) is 3.65. The van der Waals surface area contributed by atoms with Gasteiger partial charge in [-0.05, 0) is 48.5 Å². The molecule has 0 atom stereocenters. The summed E-state index contributed by atoms with van der Waals surface area (Å²) < 4.78 is 17.0. The number of carbonyl (C=O) groups is 1. The van der Waals surface area contributed by atoms with Crippen molar-refractivity contribution >= 4 is 33.3 Å². The topological polar surface area (TPSA) is 82.6 Å². The highest BCUT2D eigenvalue weighted by Gasteiger charge is 2.20. The summed E-state index contributed by atoms with van der Waals surface area (Å²) in [5.74, 6) is 0.853. The summed E-state index contributed by atoms with van der Waals surface area (Å²) in [5.41, 5.74) is 2.69. The third-order valence-electron chi connectivity index (χ3n) is 4.50. The molecule has 7 nitrogen and oxygen atoms in total. The van der Waals surface area contributed by atoms with E-state index >= 15 is 0 Å². The van der Waals surface area contributed by atoms with Crippen molar-refractivity contribution < 1.29 is 19.0 Å². The molecule has 30 heavy (non-hydrogen) atoms. The van der Waals surface area contributed by atoms with E-state index in [2.05, 4.69) is 15.3 Å². The average Bonchev–Trinajstić information content (AvgIpc) is 3.22. The number of hydrogen-bond acceptors (Lipinski definition) is 7. The van der Waals surface area contributed by atoms with Gasteiger partial charge in [-0.2, -0.15) is 0 Å². The predicted octanol–water partition coefficient (Wildman–Crippen LogP) is 4.64. The number of pyridine rings is 1. The van der Waals surface area contributed by atoms with Crippen molar-refractivity contribution in [2.75, 3.05) is 26.6 Å². The summed E-state index contributed by atoms with van der Waals surface area (Å²) in [5, 5.41) is 3.76. The lowest BCUT2D eigenvalue weighted by atomic mass is 10.1. The third-order valence-corrected chi connectivity index (χ3v) is 5.56. The molecule has 0 aliphatic carbocycles. The van der Waals surface area contributed by atoms with Crippen molar-refractivity contribution in [2.45, 2.75) is 0 Å². The highest BCUT2D eigenvalue weighted by atomic mass is 32.1. The van der Waals surface area contributed by atoms with E-state index in [1.165, 1.54) is 21.3 Å². The Bertz CT molecular complexity index is 1170. The Balaban J connectivity index is 1.57. The monoisotopic (exact) mass is 421 g/mol. The highest BCUT2D eigenvalue weighted by Crippen LogP contribution is 2.40. The second-order valence-corrected chi connectivity index (χ2v) is 7.29. The largest absolute Gasteiger partial charge is 0.493 e. The molecule has 1 N–H and O–H groups in total. The zero-order valence-electron chi connectivity index (χ0n) is 16.6. The van der Waals surface area contributed by atoms with Crippen LogP contribution in [0.25, 0.3) is 20.9 Å². The molecule has 4 rings (SSSR count). The molecule has 0 fully saturated rings. The van der Waals surface area contributed by atoms with Crippen molar-refractivity contribution in [3.63, 3.8) is 0 Å². The zero-order valence-corrected chi connectivity index (χ0v) is 17.4. The Kier molecular flexibility index (Phi) is 5.49. The molecule has 1 amide bonds. The molecule has 2 aromatic heterocycles. The fraction of sp³-hybridized carbons (Fsp3) is 0.136. The molecule has 0 aliphatic rings. The normalized spacial score (nSPS) is 10.6. The number of methoxy groups -OCH3 is 3. The molecule has 152 valence electrons. The first kappa shape index (κ1) is 19.7. The highest BCUT2D eigenvalue weighted by molar-refractivity contribution is 7.21. The van der Waals surface area contributed by atoms with Crippen molar-refractivity contribution in [1.82, 2.24) is 9.97 Å². The van der Waals surface area contributed by atoms with Crippen molar-refractivity contribution in [1.29, 1.82) is 0 Å². The van der Waals surface area contributed by atoms with Crippen LogP contribution < -0.4 is 19.5 Å². The van der Waals surface area contributed by atoms with E-state index in [1.807, 2.05) is 36.4 Å².